The minimum Gasteiger partial charge on any atom is -0.368 e. The van der Waals surface area contributed by atoms with Crippen LogP contribution in [0.5, 0.6) is 0 Å². The summed E-state index contributed by atoms with van der Waals surface area (Å²) in [7, 11) is -3.28. The molecule has 1 aromatic carbocycles. The van der Waals surface area contributed by atoms with Crippen LogP contribution in [0.4, 0.5) is 11.5 Å². The average Bonchev–Trinajstić information content (AvgIpc) is 2.56. The average molecular weight is 346 g/mol. The van der Waals surface area contributed by atoms with Crippen molar-refractivity contribution in [2.45, 2.75) is 6.54 Å². The molecule has 1 fully saturated rings. The van der Waals surface area contributed by atoms with E-state index in [0.717, 1.165) is 44.7 Å². The van der Waals surface area contributed by atoms with Crippen LogP contribution in [0.15, 0.2) is 48.7 Å². The first-order valence-corrected chi connectivity index (χ1v) is 9.84. The number of benzene rings is 1. The fourth-order valence-electron chi connectivity index (χ4n) is 2.83. The van der Waals surface area contributed by atoms with Gasteiger partial charge in [0.25, 0.3) is 0 Å². The number of pyridine rings is 1. The highest BCUT2D eigenvalue weighted by Gasteiger charge is 2.17. The molecule has 1 saturated heterocycles. The van der Waals surface area contributed by atoms with Gasteiger partial charge in [-0.3, -0.25) is 9.62 Å². The van der Waals surface area contributed by atoms with E-state index < -0.39 is 10.0 Å². The number of nitrogens with zero attached hydrogens (tertiary/aromatic N) is 3. The molecule has 0 atom stereocenters. The van der Waals surface area contributed by atoms with Crippen molar-refractivity contribution < 1.29 is 8.42 Å². The van der Waals surface area contributed by atoms with Crippen molar-refractivity contribution >= 4 is 21.5 Å². The Morgan fingerprint density at radius 1 is 1.04 bits per heavy atom. The molecule has 1 aliphatic rings. The summed E-state index contributed by atoms with van der Waals surface area (Å²) in [6.07, 6.45) is 2.84. The minimum absolute atomic E-state index is 0.351. The lowest BCUT2D eigenvalue weighted by Crippen LogP contribution is -2.46. The van der Waals surface area contributed by atoms with Crippen molar-refractivity contribution in [2.75, 3.05) is 42.1 Å². The van der Waals surface area contributed by atoms with Crippen LogP contribution < -0.4 is 9.62 Å². The van der Waals surface area contributed by atoms with Crippen molar-refractivity contribution in [1.29, 1.82) is 0 Å². The van der Waals surface area contributed by atoms with Crippen molar-refractivity contribution in [1.82, 2.24) is 9.88 Å². The number of sulfonamides is 1. The number of aromatic nitrogens is 1. The molecule has 0 saturated carbocycles. The molecule has 1 aromatic heterocycles. The highest BCUT2D eigenvalue weighted by molar-refractivity contribution is 7.92. The third-order valence-corrected chi connectivity index (χ3v) is 4.60. The molecular weight excluding hydrogens is 324 g/mol. The van der Waals surface area contributed by atoms with E-state index in [0.29, 0.717) is 5.82 Å². The second-order valence-corrected chi connectivity index (χ2v) is 7.77. The van der Waals surface area contributed by atoms with Gasteiger partial charge < -0.3 is 4.90 Å². The van der Waals surface area contributed by atoms with E-state index in [1.165, 1.54) is 5.56 Å². The molecule has 0 spiro atoms. The van der Waals surface area contributed by atoms with Gasteiger partial charge >= 0.3 is 0 Å². The molecule has 0 radical (unpaired) electrons. The number of piperazine rings is 1. The summed E-state index contributed by atoms with van der Waals surface area (Å²) in [4.78, 5) is 8.90. The van der Waals surface area contributed by atoms with Gasteiger partial charge in [-0.05, 0) is 17.7 Å². The molecule has 2 aromatic rings. The molecule has 6 nitrogen and oxygen atoms in total. The largest absolute Gasteiger partial charge is 0.368 e. The Kier molecular flexibility index (Phi) is 5.01. The second kappa shape index (κ2) is 7.19. The maximum Gasteiger partial charge on any atom is 0.230 e. The summed E-state index contributed by atoms with van der Waals surface area (Å²) in [5, 5.41) is 0. The molecule has 0 amide bonds. The Labute approximate surface area is 143 Å². The number of nitrogens with one attached hydrogen (secondary N) is 1. The molecule has 24 heavy (non-hydrogen) atoms. The monoisotopic (exact) mass is 346 g/mol. The van der Waals surface area contributed by atoms with Gasteiger partial charge in [0.15, 0.2) is 0 Å². The molecule has 3 rings (SSSR count). The van der Waals surface area contributed by atoms with Crippen LogP contribution in [0, 0.1) is 0 Å². The van der Waals surface area contributed by atoms with E-state index >= 15 is 0 Å². The Morgan fingerprint density at radius 3 is 2.33 bits per heavy atom. The number of hydrogen-bond donors (Lipinski definition) is 1. The molecule has 7 heteroatoms. The molecule has 0 aliphatic carbocycles. The van der Waals surface area contributed by atoms with Crippen LogP contribution >= 0.6 is 0 Å². The summed E-state index contributed by atoms with van der Waals surface area (Å²) >= 11 is 0. The van der Waals surface area contributed by atoms with Gasteiger partial charge in [-0.2, -0.15) is 0 Å². The number of rotatable bonds is 5. The van der Waals surface area contributed by atoms with Crippen molar-refractivity contribution in [2.24, 2.45) is 0 Å². The summed E-state index contributed by atoms with van der Waals surface area (Å²) in [6, 6.07) is 14.1. The van der Waals surface area contributed by atoms with E-state index in [4.69, 9.17) is 0 Å². The minimum atomic E-state index is -3.28. The van der Waals surface area contributed by atoms with E-state index in [1.54, 1.807) is 12.3 Å². The topological polar surface area (TPSA) is 65.5 Å². The normalized spacial score (nSPS) is 16.1. The lowest BCUT2D eigenvalue weighted by Gasteiger charge is -2.36. The lowest BCUT2D eigenvalue weighted by molar-refractivity contribution is 0.250. The summed E-state index contributed by atoms with van der Waals surface area (Å²) in [5.41, 5.74) is 2.36. The zero-order valence-electron chi connectivity index (χ0n) is 13.7. The van der Waals surface area contributed by atoms with Crippen LogP contribution in [0.1, 0.15) is 5.56 Å². The molecule has 0 bridgehead atoms. The first-order chi connectivity index (χ1) is 11.5. The fraction of sp³-hybridized carbons (Fsp3) is 0.353. The highest BCUT2D eigenvalue weighted by atomic mass is 32.2. The Hall–Kier alpha value is -2.12. The first kappa shape index (κ1) is 16.7. The third kappa shape index (κ3) is 4.69. The summed E-state index contributed by atoms with van der Waals surface area (Å²) < 4.78 is 24.8. The SMILES string of the molecule is CS(=O)(=O)Nc1ccc(N2CCN(Cc3ccccc3)CC2)cn1. The highest BCUT2D eigenvalue weighted by Crippen LogP contribution is 2.18. The standard InChI is InChI=1S/C17H22N4O2S/c1-24(22,23)19-17-8-7-16(13-18-17)21-11-9-20(10-12-21)14-15-5-3-2-4-6-15/h2-8,13H,9-12,14H2,1H3,(H,18,19). The van der Waals surface area contributed by atoms with Gasteiger partial charge in [0.05, 0.1) is 18.1 Å². The van der Waals surface area contributed by atoms with Gasteiger partial charge in [-0.1, -0.05) is 30.3 Å². The van der Waals surface area contributed by atoms with Crippen LogP contribution in [-0.4, -0.2) is 50.7 Å². The zero-order chi connectivity index (χ0) is 17.0. The zero-order valence-corrected chi connectivity index (χ0v) is 14.5. The smallest absolute Gasteiger partial charge is 0.230 e. The quantitative estimate of drug-likeness (QED) is 0.894. The van der Waals surface area contributed by atoms with Crippen molar-refractivity contribution in [3.05, 3.63) is 54.2 Å². The third-order valence-electron chi connectivity index (χ3n) is 4.02. The van der Waals surface area contributed by atoms with Crippen LogP contribution in [0.3, 0.4) is 0 Å². The first-order valence-electron chi connectivity index (χ1n) is 7.95. The number of hydrogen-bond acceptors (Lipinski definition) is 5. The predicted octanol–water partition coefficient (Wildman–Crippen LogP) is 1.78. The molecule has 0 unspecified atom stereocenters. The Bertz CT molecular complexity index is 755. The second-order valence-electron chi connectivity index (χ2n) is 6.02. The van der Waals surface area contributed by atoms with Crippen molar-refractivity contribution in [3.63, 3.8) is 0 Å². The van der Waals surface area contributed by atoms with E-state index in [1.807, 2.05) is 12.1 Å². The van der Waals surface area contributed by atoms with Crippen LogP contribution in [0.25, 0.3) is 0 Å². The summed E-state index contributed by atoms with van der Waals surface area (Å²) in [6.45, 7) is 4.85. The lowest BCUT2D eigenvalue weighted by atomic mass is 10.2. The maximum atomic E-state index is 11.2. The van der Waals surface area contributed by atoms with Crippen LogP contribution in [-0.2, 0) is 16.6 Å². The molecule has 1 N–H and O–H groups in total. The van der Waals surface area contributed by atoms with Gasteiger partial charge in [0.2, 0.25) is 10.0 Å². The van der Waals surface area contributed by atoms with Gasteiger partial charge in [-0.15, -0.1) is 0 Å². The van der Waals surface area contributed by atoms with E-state index in [-0.39, 0.29) is 0 Å². The number of anilines is 2. The van der Waals surface area contributed by atoms with Crippen LogP contribution in [0.2, 0.25) is 0 Å². The van der Waals surface area contributed by atoms with E-state index in [9.17, 15) is 8.42 Å². The molecule has 128 valence electrons. The van der Waals surface area contributed by atoms with Gasteiger partial charge in [0, 0.05) is 32.7 Å². The molecule has 2 heterocycles. The van der Waals surface area contributed by atoms with Gasteiger partial charge in [-0.25, -0.2) is 13.4 Å². The fourth-order valence-corrected chi connectivity index (χ4v) is 3.33. The Balaban J connectivity index is 1.54. The predicted molar refractivity (Wildman–Crippen MR) is 96.6 cm³/mol. The van der Waals surface area contributed by atoms with E-state index in [2.05, 4.69) is 43.8 Å². The molecule has 1 aliphatic heterocycles. The molecular formula is C17H22N4O2S. The van der Waals surface area contributed by atoms with Gasteiger partial charge in [0.1, 0.15) is 5.82 Å². The Morgan fingerprint density at radius 2 is 1.75 bits per heavy atom. The maximum absolute atomic E-state index is 11.2. The summed E-state index contributed by atoms with van der Waals surface area (Å²) in [5.74, 6) is 0.351. The van der Waals surface area contributed by atoms with Crippen molar-refractivity contribution in [3.8, 4) is 0 Å².